The second-order valence-corrected chi connectivity index (χ2v) is 7.33. The Hall–Kier alpha value is -1.89. The minimum Gasteiger partial charge on any atom is -0.506 e. The van der Waals surface area contributed by atoms with Gasteiger partial charge in [0.1, 0.15) is 16.8 Å². The van der Waals surface area contributed by atoms with Crippen LogP contribution in [0.2, 0.25) is 10.0 Å². The Labute approximate surface area is 173 Å². The van der Waals surface area contributed by atoms with Crippen molar-refractivity contribution in [2.45, 2.75) is 13.8 Å². The van der Waals surface area contributed by atoms with Crippen molar-refractivity contribution in [1.82, 2.24) is 4.98 Å². The third kappa shape index (κ3) is 3.37. The fourth-order valence-corrected chi connectivity index (χ4v) is 3.83. The Kier molecular flexibility index (Phi) is 5.60. The van der Waals surface area contributed by atoms with E-state index in [1.807, 2.05) is 0 Å². The SMILES string of the molecule is CCOC(=O)c1c(C)nc2c(F)c(-c3cccc(Cl)c3Cl)c(Br)cc2c1O. The third-order valence-electron chi connectivity index (χ3n) is 4.03. The number of halogens is 4. The predicted octanol–water partition coefficient (Wildman–Crippen LogP) is 6.30. The van der Waals surface area contributed by atoms with Gasteiger partial charge in [-0.3, -0.25) is 0 Å². The molecule has 0 spiro atoms. The molecule has 3 aromatic rings. The summed E-state index contributed by atoms with van der Waals surface area (Å²) in [6.07, 6.45) is 0. The molecule has 0 unspecified atom stereocenters. The third-order valence-corrected chi connectivity index (χ3v) is 5.47. The average molecular weight is 473 g/mol. The van der Waals surface area contributed by atoms with Crippen LogP contribution in [0.5, 0.6) is 5.75 Å². The van der Waals surface area contributed by atoms with Crippen LogP contribution in [0.4, 0.5) is 4.39 Å². The fourth-order valence-electron chi connectivity index (χ4n) is 2.82. The molecule has 0 aliphatic heterocycles. The fraction of sp³-hybridized carbons (Fsp3) is 0.158. The van der Waals surface area contributed by atoms with Crippen LogP contribution in [0, 0.1) is 12.7 Å². The lowest BCUT2D eigenvalue weighted by molar-refractivity contribution is 0.0522. The summed E-state index contributed by atoms with van der Waals surface area (Å²) in [5.41, 5.74) is 0.508. The van der Waals surface area contributed by atoms with E-state index in [9.17, 15) is 9.90 Å². The highest BCUT2D eigenvalue weighted by Gasteiger charge is 2.25. The van der Waals surface area contributed by atoms with Crippen LogP contribution in [0.1, 0.15) is 23.0 Å². The van der Waals surface area contributed by atoms with Crippen molar-refractivity contribution in [2.75, 3.05) is 6.61 Å². The molecule has 4 nitrogen and oxygen atoms in total. The van der Waals surface area contributed by atoms with Gasteiger partial charge in [-0.2, -0.15) is 0 Å². The van der Waals surface area contributed by atoms with Gasteiger partial charge >= 0.3 is 5.97 Å². The topological polar surface area (TPSA) is 59.4 Å². The predicted molar refractivity (Wildman–Crippen MR) is 107 cm³/mol. The summed E-state index contributed by atoms with van der Waals surface area (Å²) < 4.78 is 20.6. The molecule has 0 aliphatic carbocycles. The zero-order valence-electron chi connectivity index (χ0n) is 14.2. The summed E-state index contributed by atoms with van der Waals surface area (Å²) >= 11 is 15.6. The van der Waals surface area contributed by atoms with Gasteiger partial charge in [-0.05, 0) is 26.0 Å². The molecular formula is C19H13BrCl2FNO3. The molecule has 1 heterocycles. The van der Waals surface area contributed by atoms with Crippen molar-refractivity contribution >= 4 is 56.0 Å². The lowest BCUT2D eigenvalue weighted by atomic mass is 10.0. The highest BCUT2D eigenvalue weighted by atomic mass is 79.9. The summed E-state index contributed by atoms with van der Waals surface area (Å²) in [5, 5.41) is 11.1. The van der Waals surface area contributed by atoms with Gasteiger partial charge in [-0.15, -0.1) is 0 Å². The van der Waals surface area contributed by atoms with Crippen LogP contribution in [0.3, 0.4) is 0 Å². The monoisotopic (exact) mass is 471 g/mol. The maximum atomic E-state index is 15.3. The summed E-state index contributed by atoms with van der Waals surface area (Å²) in [4.78, 5) is 16.3. The molecule has 0 fully saturated rings. The number of rotatable bonds is 3. The molecule has 0 saturated heterocycles. The van der Waals surface area contributed by atoms with Crippen LogP contribution < -0.4 is 0 Å². The first kappa shape index (κ1) is 19.9. The Morgan fingerprint density at radius 1 is 1.37 bits per heavy atom. The van der Waals surface area contributed by atoms with E-state index in [1.54, 1.807) is 25.1 Å². The van der Waals surface area contributed by atoms with Crippen molar-refractivity contribution in [2.24, 2.45) is 0 Å². The first-order chi connectivity index (χ1) is 12.8. The van der Waals surface area contributed by atoms with Gasteiger partial charge in [0.05, 0.1) is 22.3 Å². The van der Waals surface area contributed by atoms with Crippen molar-refractivity contribution < 1.29 is 19.0 Å². The van der Waals surface area contributed by atoms with E-state index in [2.05, 4.69) is 20.9 Å². The number of ether oxygens (including phenoxy) is 1. The number of esters is 1. The normalized spacial score (nSPS) is 11.0. The van der Waals surface area contributed by atoms with Crippen LogP contribution in [-0.4, -0.2) is 22.7 Å². The Bertz CT molecular complexity index is 1090. The number of carbonyl (C=O) groups excluding carboxylic acids is 1. The molecule has 2 aromatic carbocycles. The van der Waals surface area contributed by atoms with Crippen LogP contribution in [0.15, 0.2) is 28.7 Å². The van der Waals surface area contributed by atoms with Crippen LogP contribution in [-0.2, 0) is 4.74 Å². The molecule has 8 heteroatoms. The molecule has 0 saturated carbocycles. The second kappa shape index (κ2) is 7.62. The molecule has 0 bridgehead atoms. The highest BCUT2D eigenvalue weighted by Crippen LogP contribution is 2.43. The number of hydrogen-bond donors (Lipinski definition) is 1. The highest BCUT2D eigenvalue weighted by molar-refractivity contribution is 9.10. The molecule has 0 amide bonds. The maximum absolute atomic E-state index is 15.3. The zero-order valence-corrected chi connectivity index (χ0v) is 17.3. The van der Waals surface area contributed by atoms with E-state index >= 15 is 4.39 Å². The maximum Gasteiger partial charge on any atom is 0.343 e. The number of benzene rings is 2. The second-order valence-electron chi connectivity index (χ2n) is 5.69. The largest absolute Gasteiger partial charge is 0.506 e. The van der Waals surface area contributed by atoms with Gasteiger partial charge in [0.2, 0.25) is 0 Å². The van der Waals surface area contributed by atoms with Gasteiger partial charge < -0.3 is 9.84 Å². The number of carbonyl (C=O) groups is 1. The smallest absolute Gasteiger partial charge is 0.343 e. The molecule has 0 radical (unpaired) electrons. The Balaban J connectivity index is 2.35. The van der Waals surface area contributed by atoms with Gasteiger partial charge in [0.25, 0.3) is 0 Å². The van der Waals surface area contributed by atoms with Gasteiger partial charge in [-0.25, -0.2) is 14.2 Å². The van der Waals surface area contributed by atoms with E-state index in [4.69, 9.17) is 27.9 Å². The lowest BCUT2D eigenvalue weighted by Crippen LogP contribution is -2.09. The van der Waals surface area contributed by atoms with Crippen LogP contribution in [0.25, 0.3) is 22.0 Å². The molecule has 1 N–H and O–H groups in total. The average Bonchev–Trinajstić information content (AvgIpc) is 2.60. The molecular weight excluding hydrogens is 460 g/mol. The minimum absolute atomic E-state index is 0.0786. The molecule has 0 atom stereocenters. The zero-order chi connectivity index (χ0) is 19.9. The van der Waals surface area contributed by atoms with Crippen molar-refractivity contribution in [3.05, 3.63) is 55.9 Å². The number of nitrogens with zero attached hydrogens (tertiary/aromatic N) is 1. The number of fused-ring (bicyclic) bond motifs is 1. The van der Waals surface area contributed by atoms with Crippen molar-refractivity contribution in [3.8, 4) is 16.9 Å². The molecule has 3 rings (SSSR count). The number of pyridine rings is 1. The first-order valence-corrected chi connectivity index (χ1v) is 9.45. The molecule has 0 aliphatic rings. The van der Waals surface area contributed by atoms with Crippen LogP contribution >= 0.6 is 39.1 Å². The minimum atomic E-state index is -0.722. The van der Waals surface area contributed by atoms with Crippen molar-refractivity contribution in [3.63, 3.8) is 0 Å². The van der Waals surface area contributed by atoms with E-state index in [0.717, 1.165) is 0 Å². The Morgan fingerprint density at radius 2 is 2.07 bits per heavy atom. The quantitative estimate of drug-likeness (QED) is 0.454. The van der Waals surface area contributed by atoms with Gasteiger partial charge in [-0.1, -0.05) is 51.3 Å². The van der Waals surface area contributed by atoms with E-state index in [-0.39, 0.29) is 50.1 Å². The first-order valence-electron chi connectivity index (χ1n) is 7.90. The van der Waals surface area contributed by atoms with Gasteiger partial charge in [0, 0.05) is 21.0 Å². The van der Waals surface area contributed by atoms with E-state index < -0.39 is 11.8 Å². The standard InChI is InChI=1S/C19H13BrCl2FNO3/c1-3-27-19(26)13-8(2)24-17-10(18(13)25)7-11(20)14(16(17)23)9-5-4-6-12(21)15(9)22/h4-7H,3H2,1-2H3,(H,24,25). The number of aromatic hydroxyl groups is 1. The lowest BCUT2D eigenvalue weighted by Gasteiger charge is -2.15. The number of aryl methyl sites for hydroxylation is 1. The van der Waals surface area contributed by atoms with E-state index in [1.165, 1.54) is 13.0 Å². The Morgan fingerprint density at radius 3 is 2.74 bits per heavy atom. The number of hydrogen-bond acceptors (Lipinski definition) is 4. The van der Waals surface area contributed by atoms with Gasteiger partial charge in [0.15, 0.2) is 5.82 Å². The summed E-state index contributed by atoms with van der Waals surface area (Å²) in [5.74, 6) is -1.81. The molecule has 140 valence electrons. The summed E-state index contributed by atoms with van der Waals surface area (Å²) in [6.45, 7) is 3.29. The van der Waals surface area contributed by atoms with E-state index in [0.29, 0.717) is 10.0 Å². The summed E-state index contributed by atoms with van der Waals surface area (Å²) in [7, 11) is 0. The molecule has 1 aromatic heterocycles. The van der Waals surface area contributed by atoms with Crippen molar-refractivity contribution in [1.29, 1.82) is 0 Å². The molecule has 27 heavy (non-hydrogen) atoms. The number of aromatic nitrogens is 1. The summed E-state index contributed by atoms with van der Waals surface area (Å²) in [6, 6.07) is 6.36.